The quantitative estimate of drug-likeness (QED) is 0.548. The van der Waals surface area contributed by atoms with Crippen molar-refractivity contribution < 1.29 is 29.6 Å². The fourth-order valence-electron chi connectivity index (χ4n) is 2.12. The van der Waals surface area contributed by atoms with Crippen LogP contribution in [0.1, 0.15) is 23.6 Å². The highest BCUT2D eigenvalue weighted by Crippen LogP contribution is 2.30. The van der Waals surface area contributed by atoms with Crippen molar-refractivity contribution in [3.63, 3.8) is 0 Å². The molecule has 0 spiro atoms. The van der Waals surface area contributed by atoms with Crippen LogP contribution in [0.5, 0.6) is 0 Å². The fourth-order valence-corrected chi connectivity index (χ4v) is 2.12. The molecule has 9 heteroatoms. The van der Waals surface area contributed by atoms with Gasteiger partial charge in [0, 0.05) is 14.0 Å². The molecule has 0 radical (unpaired) electrons. The molecule has 1 aliphatic rings. The second-order valence-electron chi connectivity index (χ2n) is 4.54. The van der Waals surface area contributed by atoms with E-state index in [1.54, 1.807) is 0 Å². The Kier molecular flexibility index (Phi) is 4.45. The molecule has 9 nitrogen and oxygen atoms in total. The first-order valence-corrected chi connectivity index (χ1v) is 6.07. The van der Waals surface area contributed by atoms with Gasteiger partial charge in [-0.25, -0.2) is 9.67 Å². The van der Waals surface area contributed by atoms with E-state index in [4.69, 9.17) is 14.6 Å². The first kappa shape index (κ1) is 15.0. The molecule has 1 fully saturated rings. The molecular formula is C11H17N3O6. The average Bonchev–Trinajstić information content (AvgIpc) is 2.91. The second kappa shape index (κ2) is 5.94. The number of Topliss-reactive ketones (excluding diaryl/α,β-unsaturated/α-hetero) is 1. The summed E-state index contributed by atoms with van der Waals surface area (Å²) in [6, 6.07) is -0.876. The Hall–Kier alpha value is -1.39. The van der Waals surface area contributed by atoms with E-state index in [-0.39, 0.29) is 11.6 Å². The summed E-state index contributed by atoms with van der Waals surface area (Å²) < 4.78 is 11.7. The first-order chi connectivity index (χ1) is 9.49. The lowest BCUT2D eigenvalue weighted by Gasteiger charge is -2.41. The van der Waals surface area contributed by atoms with Crippen molar-refractivity contribution >= 4 is 5.78 Å². The van der Waals surface area contributed by atoms with Crippen LogP contribution in [0.2, 0.25) is 0 Å². The zero-order valence-corrected chi connectivity index (χ0v) is 11.1. The van der Waals surface area contributed by atoms with Crippen molar-refractivity contribution in [3.05, 3.63) is 12.2 Å². The molecule has 0 bridgehead atoms. The van der Waals surface area contributed by atoms with E-state index in [0.29, 0.717) is 0 Å². The van der Waals surface area contributed by atoms with E-state index < -0.39 is 37.3 Å². The summed E-state index contributed by atoms with van der Waals surface area (Å²) in [7, 11) is 1.36. The van der Waals surface area contributed by atoms with Gasteiger partial charge in [0.15, 0.2) is 12.1 Å². The van der Waals surface area contributed by atoms with Crippen LogP contribution in [0.4, 0.5) is 0 Å². The highest BCUT2D eigenvalue weighted by Gasteiger charge is 2.46. The minimum absolute atomic E-state index is 0.00850. The maximum Gasteiger partial charge on any atom is 0.216 e. The number of hydrogen-bond donors (Lipinski definition) is 3. The van der Waals surface area contributed by atoms with Crippen molar-refractivity contribution in [2.45, 2.75) is 37.6 Å². The smallest absolute Gasteiger partial charge is 0.216 e. The molecule has 5 unspecified atom stereocenters. The SMILES string of the molecule is COC1OC(CO)C(O)C(O)C1n1cnc(C(C)=O)n1. The van der Waals surface area contributed by atoms with Gasteiger partial charge in [0.25, 0.3) is 0 Å². The van der Waals surface area contributed by atoms with E-state index in [1.165, 1.54) is 25.0 Å². The predicted octanol–water partition coefficient (Wildman–Crippen LogP) is -1.89. The normalized spacial score (nSPS) is 34.1. The van der Waals surface area contributed by atoms with Crippen LogP contribution in [0.25, 0.3) is 0 Å². The summed E-state index contributed by atoms with van der Waals surface area (Å²) >= 11 is 0. The van der Waals surface area contributed by atoms with Crippen LogP contribution < -0.4 is 0 Å². The van der Waals surface area contributed by atoms with Gasteiger partial charge in [0.2, 0.25) is 5.82 Å². The van der Waals surface area contributed by atoms with Crippen LogP contribution in [0.15, 0.2) is 6.33 Å². The van der Waals surface area contributed by atoms with Gasteiger partial charge in [0.05, 0.1) is 6.61 Å². The number of ether oxygens (including phenoxy) is 2. The Labute approximate surface area is 114 Å². The van der Waals surface area contributed by atoms with Gasteiger partial charge in [-0.2, -0.15) is 0 Å². The van der Waals surface area contributed by atoms with Crippen LogP contribution >= 0.6 is 0 Å². The number of aliphatic hydroxyl groups excluding tert-OH is 3. The summed E-state index contributed by atoms with van der Waals surface area (Å²) in [5, 5.41) is 33.1. The Morgan fingerprint density at radius 1 is 1.50 bits per heavy atom. The number of hydrogen-bond acceptors (Lipinski definition) is 8. The Morgan fingerprint density at radius 3 is 2.70 bits per heavy atom. The second-order valence-corrected chi connectivity index (χ2v) is 4.54. The highest BCUT2D eigenvalue weighted by atomic mass is 16.7. The lowest BCUT2D eigenvalue weighted by molar-refractivity contribution is -0.274. The summed E-state index contributed by atoms with van der Waals surface area (Å²) in [4.78, 5) is 15.0. The van der Waals surface area contributed by atoms with E-state index in [9.17, 15) is 15.0 Å². The molecule has 1 aliphatic heterocycles. The van der Waals surface area contributed by atoms with Gasteiger partial charge in [-0.05, 0) is 0 Å². The number of carbonyl (C=O) groups excluding carboxylic acids is 1. The van der Waals surface area contributed by atoms with Crippen LogP contribution in [0.3, 0.4) is 0 Å². The Morgan fingerprint density at radius 2 is 2.20 bits per heavy atom. The van der Waals surface area contributed by atoms with Gasteiger partial charge in [0.1, 0.15) is 30.7 Å². The molecule has 20 heavy (non-hydrogen) atoms. The van der Waals surface area contributed by atoms with Gasteiger partial charge < -0.3 is 24.8 Å². The highest BCUT2D eigenvalue weighted by molar-refractivity contribution is 5.89. The minimum Gasteiger partial charge on any atom is -0.394 e. The topological polar surface area (TPSA) is 127 Å². The van der Waals surface area contributed by atoms with E-state index >= 15 is 0 Å². The van der Waals surface area contributed by atoms with Crippen molar-refractivity contribution in [2.75, 3.05) is 13.7 Å². The van der Waals surface area contributed by atoms with E-state index in [2.05, 4.69) is 10.1 Å². The number of methoxy groups -OCH3 is 1. The van der Waals surface area contributed by atoms with Crippen molar-refractivity contribution in [1.82, 2.24) is 14.8 Å². The van der Waals surface area contributed by atoms with Gasteiger partial charge in [-0.1, -0.05) is 0 Å². The molecule has 0 aromatic carbocycles. The molecule has 1 aromatic heterocycles. The van der Waals surface area contributed by atoms with Gasteiger partial charge in [-0.3, -0.25) is 4.79 Å². The number of rotatable bonds is 4. The zero-order valence-electron chi connectivity index (χ0n) is 11.1. The molecule has 3 N–H and O–H groups in total. The summed E-state index contributed by atoms with van der Waals surface area (Å²) in [6.07, 6.45) is -3.23. The summed E-state index contributed by atoms with van der Waals surface area (Å²) in [5.74, 6) is -0.330. The third kappa shape index (κ3) is 2.58. The number of aliphatic hydroxyl groups is 3. The molecule has 112 valence electrons. The molecule has 2 heterocycles. The molecule has 0 aliphatic carbocycles. The lowest BCUT2D eigenvalue weighted by Crippen LogP contribution is -2.56. The number of carbonyl (C=O) groups is 1. The minimum atomic E-state index is -1.30. The summed E-state index contributed by atoms with van der Waals surface area (Å²) in [5.41, 5.74) is 0. The predicted molar refractivity (Wildman–Crippen MR) is 63.8 cm³/mol. The zero-order chi connectivity index (χ0) is 14.9. The summed E-state index contributed by atoms with van der Waals surface area (Å²) in [6.45, 7) is 0.860. The average molecular weight is 287 g/mol. The number of aromatic nitrogens is 3. The fraction of sp³-hybridized carbons (Fsp3) is 0.727. The van der Waals surface area contributed by atoms with Gasteiger partial charge >= 0.3 is 0 Å². The largest absolute Gasteiger partial charge is 0.394 e. The lowest BCUT2D eigenvalue weighted by atomic mass is 9.97. The van der Waals surface area contributed by atoms with Crippen LogP contribution in [-0.4, -0.2) is 74.2 Å². The van der Waals surface area contributed by atoms with Crippen molar-refractivity contribution in [2.24, 2.45) is 0 Å². The molecule has 1 aromatic rings. The Bertz CT molecular complexity index is 476. The maximum atomic E-state index is 11.2. The van der Waals surface area contributed by atoms with Crippen LogP contribution in [-0.2, 0) is 9.47 Å². The molecule has 2 rings (SSSR count). The first-order valence-electron chi connectivity index (χ1n) is 6.07. The third-order valence-corrected chi connectivity index (χ3v) is 3.21. The monoisotopic (exact) mass is 287 g/mol. The Balaban J connectivity index is 2.29. The maximum absolute atomic E-state index is 11.2. The van der Waals surface area contributed by atoms with E-state index in [0.717, 1.165) is 0 Å². The molecule has 0 saturated carbocycles. The molecular weight excluding hydrogens is 270 g/mol. The van der Waals surface area contributed by atoms with Crippen molar-refractivity contribution in [1.29, 1.82) is 0 Å². The molecule has 0 amide bonds. The van der Waals surface area contributed by atoms with E-state index in [1.807, 2.05) is 0 Å². The van der Waals surface area contributed by atoms with Crippen molar-refractivity contribution in [3.8, 4) is 0 Å². The molecule has 5 atom stereocenters. The third-order valence-electron chi connectivity index (χ3n) is 3.21. The van der Waals surface area contributed by atoms with Crippen LogP contribution in [0, 0.1) is 0 Å². The number of ketones is 1. The number of nitrogens with zero attached hydrogens (tertiary/aromatic N) is 3. The standard InChI is InChI=1S/C11H17N3O6/c1-5(16)10-12-4-14(13-10)7-9(18)8(17)6(3-15)20-11(7)19-2/h4,6-9,11,15,17-18H,3H2,1-2H3. The molecule has 1 saturated heterocycles. The van der Waals surface area contributed by atoms with Gasteiger partial charge in [-0.15, -0.1) is 5.10 Å².